The maximum atomic E-state index is 12.5. The van der Waals surface area contributed by atoms with Gasteiger partial charge in [-0.05, 0) is 24.6 Å². The normalized spacial score (nSPS) is 10.6. The highest BCUT2D eigenvalue weighted by Gasteiger charge is 2.17. The quantitative estimate of drug-likeness (QED) is 0.737. The van der Waals surface area contributed by atoms with Crippen molar-refractivity contribution in [3.8, 4) is 0 Å². The van der Waals surface area contributed by atoms with Crippen LogP contribution in [0.1, 0.15) is 30.1 Å². The molecular formula is C16H18BrN3O4. The highest BCUT2D eigenvalue weighted by atomic mass is 79.9. The van der Waals surface area contributed by atoms with E-state index < -0.39 is 5.97 Å². The first-order valence-electron chi connectivity index (χ1n) is 7.47. The smallest absolute Gasteiger partial charge is 0.305 e. The van der Waals surface area contributed by atoms with Gasteiger partial charge in [0.1, 0.15) is 0 Å². The van der Waals surface area contributed by atoms with Crippen LogP contribution in [0.3, 0.4) is 0 Å². The van der Waals surface area contributed by atoms with Gasteiger partial charge in [0.05, 0.1) is 6.42 Å². The van der Waals surface area contributed by atoms with E-state index in [2.05, 4.69) is 26.1 Å². The fourth-order valence-corrected chi connectivity index (χ4v) is 2.64. The predicted molar refractivity (Wildman–Crippen MR) is 89.2 cm³/mol. The minimum absolute atomic E-state index is 0.0978. The summed E-state index contributed by atoms with van der Waals surface area (Å²) < 4.78 is 5.90. The third-order valence-corrected chi connectivity index (χ3v) is 3.83. The number of aryl methyl sites for hydroxylation is 2. The van der Waals surface area contributed by atoms with E-state index in [-0.39, 0.29) is 25.3 Å². The Morgan fingerprint density at radius 1 is 1.33 bits per heavy atom. The number of rotatable bonds is 8. The lowest BCUT2D eigenvalue weighted by Crippen LogP contribution is -2.32. The van der Waals surface area contributed by atoms with Crippen LogP contribution < -0.4 is 0 Å². The van der Waals surface area contributed by atoms with Crippen molar-refractivity contribution < 1.29 is 19.2 Å². The van der Waals surface area contributed by atoms with Gasteiger partial charge in [-0.2, -0.15) is 4.98 Å². The van der Waals surface area contributed by atoms with Crippen LogP contribution >= 0.6 is 15.9 Å². The fourth-order valence-electron chi connectivity index (χ4n) is 2.19. The number of carboxylic acid groups (broad SMARTS) is 1. The number of hydrogen-bond donors (Lipinski definition) is 1. The van der Waals surface area contributed by atoms with E-state index >= 15 is 0 Å². The molecule has 0 fully saturated rings. The van der Waals surface area contributed by atoms with Crippen LogP contribution in [0, 0.1) is 6.92 Å². The molecule has 0 aliphatic carbocycles. The Morgan fingerprint density at radius 2 is 2.12 bits per heavy atom. The molecule has 128 valence electrons. The van der Waals surface area contributed by atoms with Gasteiger partial charge in [0.2, 0.25) is 11.8 Å². The van der Waals surface area contributed by atoms with E-state index in [1.54, 1.807) is 11.8 Å². The number of benzene rings is 1. The van der Waals surface area contributed by atoms with Gasteiger partial charge in [-0.3, -0.25) is 9.59 Å². The average molecular weight is 396 g/mol. The Labute approximate surface area is 147 Å². The van der Waals surface area contributed by atoms with Crippen LogP contribution in [0.15, 0.2) is 33.3 Å². The average Bonchev–Trinajstić information content (AvgIpc) is 2.94. The van der Waals surface area contributed by atoms with E-state index in [0.717, 1.165) is 10.0 Å². The first-order valence-corrected chi connectivity index (χ1v) is 8.26. The topological polar surface area (TPSA) is 96.5 Å². The molecule has 0 bridgehead atoms. The van der Waals surface area contributed by atoms with Gasteiger partial charge in [0.15, 0.2) is 5.82 Å². The molecule has 24 heavy (non-hydrogen) atoms. The molecule has 1 amide bonds. The van der Waals surface area contributed by atoms with Crippen molar-refractivity contribution in [2.45, 2.75) is 32.7 Å². The SMILES string of the molecule is Cc1noc(CCC(=O)N(CCC(=O)O)Cc2cccc(Br)c2)n1. The molecule has 1 aromatic carbocycles. The van der Waals surface area contributed by atoms with E-state index in [9.17, 15) is 9.59 Å². The number of aromatic nitrogens is 2. The van der Waals surface area contributed by atoms with Crippen LogP contribution in [-0.4, -0.2) is 38.6 Å². The first kappa shape index (κ1) is 18.1. The number of carbonyl (C=O) groups is 2. The van der Waals surface area contributed by atoms with Gasteiger partial charge >= 0.3 is 5.97 Å². The zero-order valence-corrected chi connectivity index (χ0v) is 14.8. The number of aliphatic carboxylic acids is 1. The molecule has 7 nitrogen and oxygen atoms in total. The van der Waals surface area contributed by atoms with Gasteiger partial charge < -0.3 is 14.5 Å². The van der Waals surface area contributed by atoms with E-state index in [1.807, 2.05) is 24.3 Å². The third kappa shape index (κ3) is 5.77. The van der Waals surface area contributed by atoms with Gasteiger partial charge in [-0.25, -0.2) is 0 Å². The molecule has 1 heterocycles. The monoisotopic (exact) mass is 395 g/mol. The number of amides is 1. The molecule has 0 saturated carbocycles. The summed E-state index contributed by atoms with van der Waals surface area (Å²) in [5.41, 5.74) is 0.928. The Bertz CT molecular complexity index is 717. The second-order valence-electron chi connectivity index (χ2n) is 5.32. The summed E-state index contributed by atoms with van der Waals surface area (Å²) in [6.45, 7) is 2.22. The number of halogens is 1. The molecule has 0 aliphatic rings. The van der Waals surface area contributed by atoms with Crippen molar-refractivity contribution in [2.24, 2.45) is 0 Å². The Kier molecular flexibility index (Phi) is 6.48. The van der Waals surface area contributed by atoms with Crippen LogP contribution in [0.2, 0.25) is 0 Å². The van der Waals surface area contributed by atoms with Crippen LogP contribution in [0.25, 0.3) is 0 Å². The standard InChI is InChI=1S/C16H18BrN3O4/c1-11-18-14(24-19-11)5-6-15(21)20(8-7-16(22)23)10-12-3-2-4-13(17)9-12/h2-4,9H,5-8,10H2,1H3,(H,22,23). The van der Waals surface area contributed by atoms with Crippen molar-refractivity contribution in [2.75, 3.05) is 6.54 Å². The molecule has 2 rings (SSSR count). The lowest BCUT2D eigenvalue weighted by atomic mass is 10.2. The molecule has 0 atom stereocenters. The number of carbonyl (C=O) groups excluding carboxylic acids is 1. The van der Waals surface area contributed by atoms with Crippen LogP contribution in [0.4, 0.5) is 0 Å². The second-order valence-corrected chi connectivity index (χ2v) is 6.24. The lowest BCUT2D eigenvalue weighted by Gasteiger charge is -2.22. The highest BCUT2D eigenvalue weighted by Crippen LogP contribution is 2.15. The highest BCUT2D eigenvalue weighted by molar-refractivity contribution is 9.10. The lowest BCUT2D eigenvalue weighted by molar-refractivity contribution is -0.138. The molecule has 0 aliphatic heterocycles. The third-order valence-electron chi connectivity index (χ3n) is 3.33. The predicted octanol–water partition coefficient (Wildman–Crippen LogP) is 2.58. The summed E-state index contributed by atoms with van der Waals surface area (Å²) in [6, 6.07) is 7.57. The second kappa shape index (κ2) is 8.58. The van der Waals surface area contributed by atoms with E-state index in [0.29, 0.717) is 24.7 Å². The number of hydrogen-bond acceptors (Lipinski definition) is 5. The fraction of sp³-hybridized carbons (Fsp3) is 0.375. The van der Waals surface area contributed by atoms with E-state index in [1.165, 1.54) is 0 Å². The summed E-state index contributed by atoms with van der Waals surface area (Å²) in [5, 5.41) is 12.6. The summed E-state index contributed by atoms with van der Waals surface area (Å²) in [4.78, 5) is 28.9. The summed E-state index contributed by atoms with van der Waals surface area (Å²) in [6.07, 6.45) is 0.427. The van der Waals surface area contributed by atoms with Crippen molar-refractivity contribution in [3.05, 3.63) is 46.0 Å². The van der Waals surface area contributed by atoms with Crippen molar-refractivity contribution in [3.63, 3.8) is 0 Å². The largest absolute Gasteiger partial charge is 0.481 e. The van der Waals surface area contributed by atoms with Crippen LogP contribution in [0.5, 0.6) is 0 Å². The maximum Gasteiger partial charge on any atom is 0.305 e. The molecule has 8 heteroatoms. The molecule has 0 radical (unpaired) electrons. The zero-order valence-electron chi connectivity index (χ0n) is 13.2. The van der Waals surface area contributed by atoms with Crippen molar-refractivity contribution in [1.29, 1.82) is 0 Å². The summed E-state index contributed by atoms with van der Waals surface area (Å²) in [5.74, 6) is -0.155. The first-order chi connectivity index (χ1) is 11.4. The molecule has 2 aromatic rings. The molecule has 0 saturated heterocycles. The zero-order chi connectivity index (χ0) is 17.5. The minimum atomic E-state index is -0.936. The van der Waals surface area contributed by atoms with E-state index in [4.69, 9.17) is 9.63 Å². The Morgan fingerprint density at radius 3 is 2.75 bits per heavy atom. The van der Waals surface area contributed by atoms with Crippen LogP contribution in [-0.2, 0) is 22.6 Å². The van der Waals surface area contributed by atoms with Crippen molar-refractivity contribution in [1.82, 2.24) is 15.0 Å². The van der Waals surface area contributed by atoms with Gasteiger partial charge in [-0.15, -0.1) is 0 Å². The Balaban J connectivity index is 2.00. The molecule has 0 unspecified atom stereocenters. The molecule has 1 N–H and O–H groups in total. The minimum Gasteiger partial charge on any atom is -0.481 e. The summed E-state index contributed by atoms with van der Waals surface area (Å²) in [7, 11) is 0. The summed E-state index contributed by atoms with van der Waals surface area (Å²) >= 11 is 3.39. The van der Waals surface area contributed by atoms with Gasteiger partial charge in [0.25, 0.3) is 0 Å². The van der Waals surface area contributed by atoms with Gasteiger partial charge in [-0.1, -0.05) is 33.2 Å². The van der Waals surface area contributed by atoms with Gasteiger partial charge in [0, 0.05) is 30.4 Å². The number of nitrogens with zero attached hydrogens (tertiary/aromatic N) is 3. The molecule has 1 aromatic heterocycles. The maximum absolute atomic E-state index is 12.5. The number of carboxylic acids is 1. The van der Waals surface area contributed by atoms with Crippen molar-refractivity contribution >= 4 is 27.8 Å². The molecular weight excluding hydrogens is 378 g/mol. The Hall–Kier alpha value is -2.22. The molecule has 0 spiro atoms.